The van der Waals surface area contributed by atoms with Gasteiger partial charge in [-0.05, 0) is 39.2 Å². The third-order valence-electron chi connectivity index (χ3n) is 4.90. The van der Waals surface area contributed by atoms with Gasteiger partial charge in [0, 0.05) is 44.2 Å². The van der Waals surface area contributed by atoms with E-state index in [2.05, 4.69) is 37.6 Å². The lowest BCUT2D eigenvalue weighted by atomic mass is 9.96. The highest BCUT2D eigenvalue weighted by Gasteiger charge is 2.24. The van der Waals surface area contributed by atoms with Gasteiger partial charge in [-0.1, -0.05) is 0 Å². The minimum atomic E-state index is -0.173. The molecule has 0 aliphatic carbocycles. The van der Waals surface area contributed by atoms with Crippen LogP contribution in [0.4, 0.5) is 0 Å². The van der Waals surface area contributed by atoms with Crippen molar-refractivity contribution in [1.29, 1.82) is 0 Å². The first kappa shape index (κ1) is 19.9. The zero-order valence-electron chi connectivity index (χ0n) is 16.6. The number of aromatic nitrogens is 3. The van der Waals surface area contributed by atoms with E-state index in [1.807, 2.05) is 6.92 Å². The Morgan fingerprint density at radius 2 is 2.21 bits per heavy atom. The molecule has 0 spiro atoms. The van der Waals surface area contributed by atoms with Crippen LogP contribution in [0.1, 0.15) is 54.0 Å². The Hall–Kier alpha value is -2.84. The summed E-state index contributed by atoms with van der Waals surface area (Å²) >= 11 is 0. The van der Waals surface area contributed by atoms with Gasteiger partial charge in [-0.15, -0.1) is 0 Å². The molecule has 2 aromatic rings. The van der Waals surface area contributed by atoms with Gasteiger partial charge in [0.05, 0.1) is 6.26 Å². The molecule has 9 heteroatoms. The number of aryl methyl sites for hydroxylation is 1. The highest BCUT2D eigenvalue weighted by atomic mass is 16.3. The van der Waals surface area contributed by atoms with Crippen LogP contribution in [0.3, 0.4) is 0 Å². The molecular formula is C19H29N7O2. The normalized spacial score (nSPS) is 15.6. The number of carbonyl (C=O) groups is 1. The summed E-state index contributed by atoms with van der Waals surface area (Å²) in [4.78, 5) is 23.3. The van der Waals surface area contributed by atoms with Crippen LogP contribution >= 0.6 is 0 Å². The second kappa shape index (κ2) is 9.91. The maximum absolute atomic E-state index is 12.0. The van der Waals surface area contributed by atoms with E-state index in [0.29, 0.717) is 24.8 Å². The van der Waals surface area contributed by atoms with Crippen LogP contribution in [0.15, 0.2) is 28.1 Å². The third kappa shape index (κ3) is 5.11. The number of furan rings is 1. The molecule has 2 aromatic heterocycles. The minimum absolute atomic E-state index is 0.173. The van der Waals surface area contributed by atoms with Crippen molar-refractivity contribution >= 4 is 11.9 Å². The summed E-state index contributed by atoms with van der Waals surface area (Å²) in [6, 6.07) is 1.79. The van der Waals surface area contributed by atoms with Crippen LogP contribution in [0, 0.1) is 6.92 Å². The molecule has 0 unspecified atom stereocenters. The summed E-state index contributed by atoms with van der Waals surface area (Å²) < 4.78 is 5.20. The number of aromatic amines is 1. The monoisotopic (exact) mass is 387 g/mol. The Morgan fingerprint density at radius 1 is 1.39 bits per heavy atom. The number of piperidine rings is 1. The van der Waals surface area contributed by atoms with E-state index in [1.165, 1.54) is 6.26 Å². The highest BCUT2D eigenvalue weighted by Crippen LogP contribution is 2.24. The van der Waals surface area contributed by atoms with Crippen molar-refractivity contribution in [3.05, 3.63) is 35.8 Å². The number of amides is 1. The van der Waals surface area contributed by atoms with E-state index in [0.717, 1.165) is 56.2 Å². The van der Waals surface area contributed by atoms with Crippen molar-refractivity contribution in [2.45, 2.75) is 39.0 Å². The number of guanidine groups is 1. The number of H-pyrrole nitrogens is 1. The van der Waals surface area contributed by atoms with Crippen molar-refractivity contribution in [3.63, 3.8) is 0 Å². The van der Waals surface area contributed by atoms with E-state index >= 15 is 0 Å². The first-order valence-corrected chi connectivity index (χ1v) is 9.89. The first-order valence-electron chi connectivity index (χ1n) is 9.89. The van der Waals surface area contributed by atoms with E-state index in [-0.39, 0.29) is 5.91 Å². The summed E-state index contributed by atoms with van der Waals surface area (Å²) in [5.74, 6) is 2.55. The molecular weight excluding hydrogens is 358 g/mol. The fourth-order valence-corrected chi connectivity index (χ4v) is 3.35. The third-order valence-corrected chi connectivity index (χ3v) is 4.90. The molecule has 3 heterocycles. The van der Waals surface area contributed by atoms with Crippen LogP contribution in [0.5, 0.6) is 0 Å². The van der Waals surface area contributed by atoms with Gasteiger partial charge in [0.1, 0.15) is 12.2 Å². The maximum Gasteiger partial charge on any atom is 0.287 e. The van der Waals surface area contributed by atoms with Gasteiger partial charge in [-0.3, -0.25) is 14.9 Å². The van der Waals surface area contributed by atoms with Gasteiger partial charge in [-0.25, -0.2) is 4.98 Å². The minimum Gasteiger partial charge on any atom is -0.459 e. The number of nitrogens with zero attached hydrogens (tertiary/aromatic N) is 4. The molecule has 1 aliphatic heterocycles. The van der Waals surface area contributed by atoms with Crippen LogP contribution in [0.2, 0.25) is 0 Å². The topological polar surface area (TPSA) is 111 Å². The predicted molar refractivity (Wildman–Crippen MR) is 106 cm³/mol. The average molecular weight is 387 g/mol. The Kier molecular flexibility index (Phi) is 7.05. The lowest BCUT2D eigenvalue weighted by molar-refractivity contribution is 0.0925. The zero-order valence-corrected chi connectivity index (χ0v) is 16.6. The Morgan fingerprint density at radius 3 is 2.86 bits per heavy atom. The van der Waals surface area contributed by atoms with Gasteiger partial charge in [0.25, 0.3) is 5.91 Å². The van der Waals surface area contributed by atoms with Gasteiger partial charge in [-0.2, -0.15) is 5.10 Å². The number of rotatable bonds is 7. The second-order valence-corrected chi connectivity index (χ2v) is 6.91. The van der Waals surface area contributed by atoms with Gasteiger partial charge in [0.15, 0.2) is 11.7 Å². The van der Waals surface area contributed by atoms with Crippen molar-refractivity contribution < 1.29 is 9.21 Å². The lowest BCUT2D eigenvalue weighted by Crippen LogP contribution is -2.45. The molecule has 0 aromatic carbocycles. The molecule has 1 amide bonds. The SMILES string of the molecule is CCNC(=NCCCNC(=O)c1occc1C)N1CCC(c2ncn[nH]2)CC1. The fourth-order valence-electron chi connectivity index (χ4n) is 3.35. The molecule has 9 nitrogen and oxygen atoms in total. The smallest absolute Gasteiger partial charge is 0.287 e. The van der Waals surface area contributed by atoms with Crippen LogP contribution < -0.4 is 10.6 Å². The Bertz CT molecular complexity index is 761. The molecule has 0 bridgehead atoms. The molecule has 3 rings (SSSR count). The van der Waals surface area contributed by atoms with Crippen LogP contribution in [-0.2, 0) is 0 Å². The zero-order chi connectivity index (χ0) is 19.8. The summed E-state index contributed by atoms with van der Waals surface area (Å²) in [5, 5.41) is 13.2. The van der Waals surface area contributed by atoms with E-state index in [4.69, 9.17) is 9.41 Å². The molecule has 0 atom stereocenters. The summed E-state index contributed by atoms with van der Waals surface area (Å²) in [6.45, 7) is 7.85. The maximum atomic E-state index is 12.0. The van der Waals surface area contributed by atoms with Gasteiger partial charge in [0.2, 0.25) is 0 Å². The Balaban J connectivity index is 1.43. The quantitative estimate of drug-likeness (QED) is 0.379. The summed E-state index contributed by atoms with van der Waals surface area (Å²) in [5.41, 5.74) is 0.846. The predicted octanol–water partition coefficient (Wildman–Crippen LogP) is 1.67. The van der Waals surface area contributed by atoms with E-state index < -0.39 is 0 Å². The van der Waals surface area contributed by atoms with E-state index in [1.54, 1.807) is 12.4 Å². The summed E-state index contributed by atoms with van der Waals surface area (Å²) in [7, 11) is 0. The highest BCUT2D eigenvalue weighted by molar-refractivity contribution is 5.92. The van der Waals surface area contributed by atoms with Crippen molar-refractivity contribution in [2.24, 2.45) is 4.99 Å². The summed E-state index contributed by atoms with van der Waals surface area (Å²) in [6.07, 6.45) is 5.92. The molecule has 1 aliphatic rings. The molecule has 3 N–H and O–H groups in total. The number of carbonyl (C=O) groups excluding carboxylic acids is 1. The number of aliphatic imine (C=N–C) groups is 1. The van der Waals surface area contributed by atoms with Crippen molar-refractivity contribution in [2.75, 3.05) is 32.7 Å². The van der Waals surface area contributed by atoms with Crippen molar-refractivity contribution in [1.82, 2.24) is 30.7 Å². The molecule has 1 saturated heterocycles. The lowest BCUT2D eigenvalue weighted by Gasteiger charge is -2.33. The van der Waals surface area contributed by atoms with Gasteiger partial charge < -0.3 is 20.0 Å². The van der Waals surface area contributed by atoms with Crippen LogP contribution in [-0.4, -0.2) is 64.7 Å². The van der Waals surface area contributed by atoms with Crippen LogP contribution in [0.25, 0.3) is 0 Å². The van der Waals surface area contributed by atoms with Crippen molar-refractivity contribution in [3.8, 4) is 0 Å². The fraction of sp³-hybridized carbons (Fsp3) is 0.579. The largest absolute Gasteiger partial charge is 0.459 e. The average Bonchev–Trinajstić information content (AvgIpc) is 3.39. The molecule has 28 heavy (non-hydrogen) atoms. The molecule has 152 valence electrons. The Labute approximate surface area is 165 Å². The molecule has 0 saturated carbocycles. The number of likely N-dealkylation sites (tertiary alicyclic amines) is 1. The first-order chi connectivity index (χ1) is 13.7. The molecule has 0 radical (unpaired) electrons. The number of hydrogen-bond donors (Lipinski definition) is 3. The molecule has 1 fully saturated rings. The van der Waals surface area contributed by atoms with Gasteiger partial charge >= 0.3 is 0 Å². The number of nitrogens with one attached hydrogen (secondary N) is 3. The second-order valence-electron chi connectivity index (χ2n) is 6.91. The van der Waals surface area contributed by atoms with E-state index in [9.17, 15) is 4.79 Å². The standard InChI is InChI=1S/C19H29N7O2/c1-3-20-19(26-10-5-15(6-11-26)17-23-13-24-25-17)22-9-4-8-21-18(27)16-14(2)7-12-28-16/h7,12-13,15H,3-6,8-11H2,1-2H3,(H,20,22)(H,21,27)(H,23,24,25). The number of hydrogen-bond acceptors (Lipinski definition) is 5.